The smallest absolute Gasteiger partial charge is 0.126 e. The van der Waals surface area contributed by atoms with Crippen LogP contribution in [0.15, 0.2) is 18.2 Å². The average Bonchev–Trinajstić information content (AvgIpc) is 2.17. The zero-order chi connectivity index (χ0) is 10.8. The number of hydrogen-bond donors (Lipinski definition) is 1. The lowest BCUT2D eigenvalue weighted by Crippen LogP contribution is -2.40. The number of morpholine rings is 1. The Morgan fingerprint density at radius 3 is 2.47 bits per heavy atom. The minimum absolute atomic E-state index is 0.258. The van der Waals surface area contributed by atoms with Crippen molar-refractivity contribution in [3.63, 3.8) is 0 Å². The van der Waals surface area contributed by atoms with E-state index in [9.17, 15) is 8.78 Å². The van der Waals surface area contributed by atoms with Crippen LogP contribution in [0.1, 0.15) is 18.6 Å². The fourth-order valence-corrected chi connectivity index (χ4v) is 1.66. The van der Waals surface area contributed by atoms with E-state index in [-0.39, 0.29) is 6.10 Å². The molecule has 0 bridgehead atoms. The molecule has 0 aliphatic carbocycles. The first-order valence-corrected chi connectivity index (χ1v) is 4.96. The summed E-state index contributed by atoms with van der Waals surface area (Å²) in [5.74, 6) is -1.13. The highest BCUT2D eigenvalue weighted by atomic mass is 19.1. The summed E-state index contributed by atoms with van der Waals surface area (Å²) in [6.07, 6.45) is -0.258. The van der Waals surface area contributed by atoms with E-state index in [4.69, 9.17) is 4.74 Å². The number of halogens is 2. The minimum atomic E-state index is -0.563. The molecule has 82 valence electrons. The molecule has 0 spiro atoms. The summed E-state index contributed by atoms with van der Waals surface area (Å²) < 4.78 is 31.4. The molecule has 2 rings (SSSR count). The standard InChI is InChI=1S/C11H13F2NO/c1-7-6-15-11(5-14-7)8-2-9(12)4-10(13)3-8/h2-4,7,11,14H,5-6H2,1H3. The van der Waals surface area contributed by atoms with Crippen LogP contribution in [0.25, 0.3) is 0 Å². The van der Waals surface area contributed by atoms with Gasteiger partial charge in [0, 0.05) is 18.7 Å². The van der Waals surface area contributed by atoms with Gasteiger partial charge >= 0.3 is 0 Å². The van der Waals surface area contributed by atoms with Gasteiger partial charge in [0.05, 0.1) is 12.7 Å². The van der Waals surface area contributed by atoms with Gasteiger partial charge in [-0.3, -0.25) is 0 Å². The van der Waals surface area contributed by atoms with Gasteiger partial charge in [0.25, 0.3) is 0 Å². The second-order valence-electron chi connectivity index (χ2n) is 3.83. The minimum Gasteiger partial charge on any atom is -0.371 e. The van der Waals surface area contributed by atoms with Crippen molar-refractivity contribution in [1.29, 1.82) is 0 Å². The topological polar surface area (TPSA) is 21.3 Å². The molecule has 1 aromatic rings. The molecule has 2 atom stereocenters. The predicted molar refractivity (Wildman–Crippen MR) is 52.5 cm³/mol. The number of ether oxygens (including phenoxy) is 1. The molecule has 0 aromatic heterocycles. The van der Waals surface area contributed by atoms with E-state index < -0.39 is 11.6 Å². The Morgan fingerprint density at radius 1 is 1.27 bits per heavy atom. The largest absolute Gasteiger partial charge is 0.371 e. The molecule has 1 aliphatic rings. The van der Waals surface area contributed by atoms with E-state index in [2.05, 4.69) is 5.32 Å². The maximum atomic E-state index is 12.9. The van der Waals surface area contributed by atoms with Crippen LogP contribution in [0.5, 0.6) is 0 Å². The lowest BCUT2D eigenvalue weighted by molar-refractivity contribution is 0.00664. The van der Waals surface area contributed by atoms with E-state index >= 15 is 0 Å². The Bertz CT molecular complexity index is 328. The highest BCUT2D eigenvalue weighted by Crippen LogP contribution is 2.21. The summed E-state index contributed by atoms with van der Waals surface area (Å²) in [4.78, 5) is 0. The summed E-state index contributed by atoms with van der Waals surface area (Å²) >= 11 is 0. The molecule has 0 amide bonds. The van der Waals surface area contributed by atoms with Gasteiger partial charge in [-0.2, -0.15) is 0 Å². The Kier molecular flexibility index (Phi) is 2.98. The molecule has 1 fully saturated rings. The Hall–Kier alpha value is -1.00. The quantitative estimate of drug-likeness (QED) is 0.770. The highest BCUT2D eigenvalue weighted by Gasteiger charge is 2.20. The van der Waals surface area contributed by atoms with Crippen molar-refractivity contribution in [2.24, 2.45) is 0 Å². The molecule has 4 heteroatoms. The molecular weight excluding hydrogens is 200 g/mol. The van der Waals surface area contributed by atoms with Gasteiger partial charge in [0.2, 0.25) is 0 Å². The van der Waals surface area contributed by atoms with E-state index in [1.54, 1.807) is 0 Å². The molecule has 1 saturated heterocycles. The maximum absolute atomic E-state index is 12.9. The molecular formula is C11H13F2NO. The third kappa shape index (κ3) is 2.52. The third-order valence-corrected chi connectivity index (χ3v) is 2.46. The van der Waals surface area contributed by atoms with Crippen LogP contribution in [-0.4, -0.2) is 19.2 Å². The van der Waals surface area contributed by atoms with Crippen LogP contribution < -0.4 is 5.32 Å². The van der Waals surface area contributed by atoms with Crippen molar-refractivity contribution in [2.45, 2.75) is 19.1 Å². The van der Waals surface area contributed by atoms with Crippen LogP contribution >= 0.6 is 0 Å². The highest BCUT2D eigenvalue weighted by molar-refractivity contribution is 5.21. The average molecular weight is 213 g/mol. The van der Waals surface area contributed by atoms with Crippen molar-refractivity contribution in [3.05, 3.63) is 35.4 Å². The summed E-state index contributed by atoms with van der Waals surface area (Å²) in [7, 11) is 0. The van der Waals surface area contributed by atoms with E-state index in [0.717, 1.165) is 6.07 Å². The summed E-state index contributed by atoms with van der Waals surface area (Å²) in [5, 5.41) is 3.20. The van der Waals surface area contributed by atoms with Crippen LogP contribution in [0.3, 0.4) is 0 Å². The van der Waals surface area contributed by atoms with Crippen molar-refractivity contribution in [2.75, 3.05) is 13.2 Å². The molecule has 0 radical (unpaired) electrons. The summed E-state index contributed by atoms with van der Waals surface area (Å²) in [5.41, 5.74) is 0.548. The van der Waals surface area contributed by atoms with Crippen molar-refractivity contribution >= 4 is 0 Å². The van der Waals surface area contributed by atoms with Crippen LogP contribution in [0.4, 0.5) is 8.78 Å². The van der Waals surface area contributed by atoms with Crippen LogP contribution in [0.2, 0.25) is 0 Å². The van der Waals surface area contributed by atoms with Crippen molar-refractivity contribution in [1.82, 2.24) is 5.32 Å². The normalized spacial score (nSPS) is 26.6. The molecule has 1 aromatic carbocycles. The number of nitrogens with one attached hydrogen (secondary N) is 1. The lowest BCUT2D eigenvalue weighted by atomic mass is 10.1. The maximum Gasteiger partial charge on any atom is 0.126 e. The number of hydrogen-bond acceptors (Lipinski definition) is 2. The Balaban J connectivity index is 2.15. The first-order chi connectivity index (χ1) is 7.15. The monoisotopic (exact) mass is 213 g/mol. The van der Waals surface area contributed by atoms with Crippen LogP contribution in [0, 0.1) is 11.6 Å². The van der Waals surface area contributed by atoms with Gasteiger partial charge in [0.15, 0.2) is 0 Å². The van der Waals surface area contributed by atoms with Crippen LogP contribution in [-0.2, 0) is 4.74 Å². The van der Waals surface area contributed by atoms with Gasteiger partial charge in [0.1, 0.15) is 11.6 Å². The zero-order valence-corrected chi connectivity index (χ0v) is 8.47. The number of benzene rings is 1. The zero-order valence-electron chi connectivity index (χ0n) is 8.47. The molecule has 2 nitrogen and oxygen atoms in total. The molecule has 1 N–H and O–H groups in total. The second kappa shape index (κ2) is 4.24. The van der Waals surface area contributed by atoms with Gasteiger partial charge < -0.3 is 10.1 Å². The van der Waals surface area contributed by atoms with Gasteiger partial charge in [-0.15, -0.1) is 0 Å². The van der Waals surface area contributed by atoms with Gasteiger partial charge in [-0.1, -0.05) is 0 Å². The molecule has 1 heterocycles. The van der Waals surface area contributed by atoms with Crippen molar-refractivity contribution in [3.8, 4) is 0 Å². The fraction of sp³-hybridized carbons (Fsp3) is 0.455. The fourth-order valence-electron chi connectivity index (χ4n) is 1.66. The summed E-state index contributed by atoms with van der Waals surface area (Å²) in [6.45, 7) is 3.15. The predicted octanol–water partition coefficient (Wildman–Crippen LogP) is 2.01. The Labute approximate surface area is 87.2 Å². The molecule has 0 saturated carbocycles. The molecule has 1 aliphatic heterocycles. The molecule has 2 unspecified atom stereocenters. The first kappa shape index (κ1) is 10.5. The number of rotatable bonds is 1. The SMILES string of the molecule is CC1COC(c2cc(F)cc(F)c2)CN1. The van der Waals surface area contributed by atoms with E-state index in [1.165, 1.54) is 12.1 Å². The lowest BCUT2D eigenvalue weighted by Gasteiger charge is -2.28. The third-order valence-electron chi connectivity index (χ3n) is 2.46. The molecule has 15 heavy (non-hydrogen) atoms. The van der Waals surface area contributed by atoms with E-state index in [1.807, 2.05) is 6.92 Å². The van der Waals surface area contributed by atoms with Gasteiger partial charge in [-0.25, -0.2) is 8.78 Å². The van der Waals surface area contributed by atoms with E-state index in [0.29, 0.717) is 24.8 Å². The first-order valence-electron chi connectivity index (χ1n) is 4.96. The van der Waals surface area contributed by atoms with Crippen molar-refractivity contribution < 1.29 is 13.5 Å². The second-order valence-corrected chi connectivity index (χ2v) is 3.83. The summed E-state index contributed by atoms with van der Waals surface area (Å²) in [6, 6.07) is 3.78. The Morgan fingerprint density at radius 2 is 1.93 bits per heavy atom. The van der Waals surface area contributed by atoms with Gasteiger partial charge in [-0.05, 0) is 24.6 Å².